The summed E-state index contributed by atoms with van der Waals surface area (Å²) >= 11 is 0. The Hall–Kier alpha value is -1.89. The molecule has 7 nitrogen and oxygen atoms in total. The molecule has 0 saturated carbocycles. The number of likely N-dealkylation sites (N-methyl/N-ethyl adjacent to an activating group) is 1. The van der Waals surface area contributed by atoms with E-state index in [1.165, 1.54) is 0 Å². The van der Waals surface area contributed by atoms with Crippen molar-refractivity contribution in [2.75, 3.05) is 52.3 Å². The Morgan fingerprint density at radius 1 is 1.45 bits per heavy atom. The number of hydrogen-bond donors (Lipinski definition) is 1. The largest absolute Gasteiger partial charge is 0.480 e. The zero-order valence-corrected chi connectivity index (χ0v) is 13.6. The first kappa shape index (κ1) is 16.5. The number of carbonyl (C=O) groups is 1. The summed E-state index contributed by atoms with van der Waals surface area (Å²) < 4.78 is 5.02. The molecule has 0 aliphatic carbocycles. The monoisotopic (exact) mass is 307 g/mol. The van der Waals surface area contributed by atoms with Crippen LogP contribution in [0.2, 0.25) is 0 Å². The zero-order chi connectivity index (χ0) is 15.9. The first-order valence-corrected chi connectivity index (χ1v) is 7.65. The summed E-state index contributed by atoms with van der Waals surface area (Å²) in [5.41, 5.74) is 0. The van der Waals surface area contributed by atoms with Crippen molar-refractivity contribution in [3.8, 4) is 5.88 Å². The summed E-state index contributed by atoms with van der Waals surface area (Å²) in [5.74, 6) is 1.44. The van der Waals surface area contributed by atoms with Gasteiger partial charge in [0.2, 0.25) is 11.8 Å². The van der Waals surface area contributed by atoms with E-state index in [1.54, 1.807) is 13.2 Å². The van der Waals surface area contributed by atoms with Crippen LogP contribution < -0.4 is 15.0 Å². The highest BCUT2D eigenvalue weighted by Gasteiger charge is 2.26. The standard InChI is InChI=1S/C15H25N5O2/c1-19(2)10-8-16-15(21)12-5-4-9-20(11-12)13-6-7-14(22-3)18-17-13/h6-7,12H,4-5,8-11H2,1-3H3,(H,16,21). The molecule has 0 radical (unpaired) electrons. The fourth-order valence-electron chi connectivity index (χ4n) is 2.54. The minimum absolute atomic E-state index is 0.0137. The van der Waals surface area contributed by atoms with E-state index < -0.39 is 0 Å². The van der Waals surface area contributed by atoms with Crippen LogP contribution in [0.25, 0.3) is 0 Å². The van der Waals surface area contributed by atoms with E-state index in [2.05, 4.69) is 25.3 Å². The van der Waals surface area contributed by atoms with Crippen molar-refractivity contribution in [3.63, 3.8) is 0 Å². The number of nitrogens with one attached hydrogen (secondary N) is 1. The molecule has 1 unspecified atom stereocenters. The smallest absolute Gasteiger partial charge is 0.233 e. The lowest BCUT2D eigenvalue weighted by molar-refractivity contribution is -0.125. The number of rotatable bonds is 6. The summed E-state index contributed by atoms with van der Waals surface area (Å²) in [6.07, 6.45) is 1.91. The maximum atomic E-state index is 12.2. The second-order valence-electron chi connectivity index (χ2n) is 5.81. The molecule has 1 aromatic rings. The highest BCUT2D eigenvalue weighted by atomic mass is 16.5. The van der Waals surface area contributed by atoms with Crippen LogP contribution in [0.5, 0.6) is 5.88 Å². The van der Waals surface area contributed by atoms with Crippen LogP contribution >= 0.6 is 0 Å². The first-order valence-electron chi connectivity index (χ1n) is 7.65. The average molecular weight is 307 g/mol. The topological polar surface area (TPSA) is 70.6 Å². The van der Waals surface area contributed by atoms with Gasteiger partial charge in [0.1, 0.15) is 0 Å². The van der Waals surface area contributed by atoms with E-state index in [0.29, 0.717) is 19.0 Å². The fraction of sp³-hybridized carbons (Fsp3) is 0.667. The van der Waals surface area contributed by atoms with Crippen molar-refractivity contribution in [2.45, 2.75) is 12.8 Å². The maximum Gasteiger partial charge on any atom is 0.233 e. The molecule has 0 aromatic carbocycles. The Kier molecular flexibility index (Phi) is 5.94. The number of anilines is 1. The summed E-state index contributed by atoms with van der Waals surface area (Å²) in [6.45, 7) is 3.13. The van der Waals surface area contributed by atoms with Gasteiger partial charge in [0, 0.05) is 32.2 Å². The van der Waals surface area contributed by atoms with Crippen LogP contribution in [0.4, 0.5) is 5.82 Å². The quantitative estimate of drug-likeness (QED) is 0.819. The minimum atomic E-state index is 0.0137. The lowest BCUT2D eigenvalue weighted by Gasteiger charge is -2.32. The van der Waals surface area contributed by atoms with Crippen molar-refractivity contribution >= 4 is 11.7 Å². The third kappa shape index (κ3) is 4.56. The Bertz CT molecular complexity index is 477. The van der Waals surface area contributed by atoms with Crippen LogP contribution in [0, 0.1) is 5.92 Å². The lowest BCUT2D eigenvalue weighted by atomic mass is 9.97. The number of piperidine rings is 1. The van der Waals surface area contributed by atoms with Crippen molar-refractivity contribution in [2.24, 2.45) is 5.92 Å². The Morgan fingerprint density at radius 3 is 2.91 bits per heavy atom. The molecule has 2 rings (SSSR count). The molecule has 7 heteroatoms. The molecule has 1 atom stereocenters. The van der Waals surface area contributed by atoms with E-state index in [4.69, 9.17) is 4.74 Å². The molecule has 1 saturated heterocycles. The van der Waals surface area contributed by atoms with Crippen molar-refractivity contribution in [1.29, 1.82) is 0 Å². The van der Waals surface area contributed by atoms with Crippen LogP contribution in [0.1, 0.15) is 12.8 Å². The van der Waals surface area contributed by atoms with Gasteiger partial charge >= 0.3 is 0 Å². The van der Waals surface area contributed by atoms with Gasteiger partial charge in [0.15, 0.2) is 5.82 Å². The Labute approximate surface area is 131 Å². The molecule has 2 heterocycles. The number of nitrogens with zero attached hydrogens (tertiary/aromatic N) is 4. The van der Waals surface area contributed by atoms with Gasteiger partial charge in [-0.05, 0) is 33.0 Å². The first-order chi connectivity index (χ1) is 10.6. The Balaban J connectivity index is 1.89. The van der Waals surface area contributed by atoms with E-state index in [-0.39, 0.29) is 11.8 Å². The van der Waals surface area contributed by atoms with E-state index in [1.807, 2.05) is 20.2 Å². The third-order valence-corrected chi connectivity index (χ3v) is 3.81. The molecule has 0 bridgehead atoms. The molecule has 1 aliphatic heterocycles. The van der Waals surface area contributed by atoms with E-state index in [9.17, 15) is 4.79 Å². The average Bonchev–Trinajstić information content (AvgIpc) is 2.54. The van der Waals surface area contributed by atoms with Gasteiger partial charge in [-0.25, -0.2) is 0 Å². The molecule has 1 amide bonds. The number of amides is 1. The molecule has 1 aromatic heterocycles. The molecule has 122 valence electrons. The number of hydrogen-bond acceptors (Lipinski definition) is 6. The van der Waals surface area contributed by atoms with Crippen LogP contribution in [0.15, 0.2) is 12.1 Å². The minimum Gasteiger partial charge on any atom is -0.480 e. The molecule has 1 fully saturated rings. The highest BCUT2D eigenvalue weighted by Crippen LogP contribution is 2.22. The molecular formula is C15H25N5O2. The lowest BCUT2D eigenvalue weighted by Crippen LogP contribution is -2.44. The number of ether oxygens (including phenoxy) is 1. The molecule has 0 spiro atoms. The highest BCUT2D eigenvalue weighted by molar-refractivity contribution is 5.79. The van der Waals surface area contributed by atoms with Gasteiger partial charge in [-0.3, -0.25) is 4.79 Å². The maximum absolute atomic E-state index is 12.2. The predicted octanol–water partition coefficient (Wildman–Crippen LogP) is 0.379. The molecule has 1 aliphatic rings. The number of methoxy groups -OCH3 is 1. The molecular weight excluding hydrogens is 282 g/mol. The summed E-state index contributed by atoms with van der Waals surface area (Å²) in [7, 11) is 5.56. The third-order valence-electron chi connectivity index (χ3n) is 3.81. The van der Waals surface area contributed by atoms with Gasteiger partial charge in [-0.15, -0.1) is 10.2 Å². The van der Waals surface area contributed by atoms with Gasteiger partial charge in [-0.1, -0.05) is 0 Å². The van der Waals surface area contributed by atoms with E-state index in [0.717, 1.165) is 31.7 Å². The van der Waals surface area contributed by atoms with Crippen molar-refractivity contribution in [1.82, 2.24) is 20.4 Å². The van der Waals surface area contributed by atoms with Crippen molar-refractivity contribution < 1.29 is 9.53 Å². The van der Waals surface area contributed by atoms with Gasteiger partial charge in [0.05, 0.1) is 13.0 Å². The molecule has 22 heavy (non-hydrogen) atoms. The summed E-state index contributed by atoms with van der Waals surface area (Å²) in [5, 5.41) is 11.2. The fourth-order valence-corrected chi connectivity index (χ4v) is 2.54. The zero-order valence-electron chi connectivity index (χ0n) is 13.6. The number of carbonyl (C=O) groups excluding carboxylic acids is 1. The van der Waals surface area contributed by atoms with Crippen LogP contribution in [0.3, 0.4) is 0 Å². The summed E-state index contributed by atoms with van der Waals surface area (Å²) in [4.78, 5) is 16.4. The SMILES string of the molecule is COc1ccc(N2CCCC(C(=O)NCCN(C)C)C2)nn1. The van der Waals surface area contributed by atoms with Crippen molar-refractivity contribution in [3.05, 3.63) is 12.1 Å². The second-order valence-corrected chi connectivity index (χ2v) is 5.81. The number of aromatic nitrogens is 2. The van der Waals surface area contributed by atoms with Crippen LogP contribution in [-0.2, 0) is 4.79 Å². The Morgan fingerprint density at radius 2 is 2.27 bits per heavy atom. The second kappa shape index (κ2) is 7.93. The van der Waals surface area contributed by atoms with Gasteiger partial charge < -0.3 is 19.9 Å². The molecule has 1 N–H and O–H groups in total. The van der Waals surface area contributed by atoms with Crippen LogP contribution in [-0.4, -0.2) is 68.4 Å². The van der Waals surface area contributed by atoms with Gasteiger partial charge in [-0.2, -0.15) is 0 Å². The van der Waals surface area contributed by atoms with E-state index >= 15 is 0 Å². The normalized spacial score (nSPS) is 18.4. The summed E-state index contributed by atoms with van der Waals surface area (Å²) in [6, 6.07) is 3.68. The predicted molar refractivity (Wildman–Crippen MR) is 85.1 cm³/mol. The van der Waals surface area contributed by atoms with Gasteiger partial charge in [0.25, 0.3) is 0 Å².